The Morgan fingerprint density at radius 1 is 1.12 bits per heavy atom. The molecule has 6 heteroatoms. The SMILES string of the molecule is Cc1ccccc1SCC(=O)Nc1ccccc1-n1cnnc1C. The van der Waals surface area contributed by atoms with E-state index in [-0.39, 0.29) is 5.91 Å². The Balaban J connectivity index is 1.71. The number of nitrogens with one attached hydrogen (secondary N) is 1. The van der Waals surface area contributed by atoms with E-state index in [1.165, 1.54) is 17.3 Å². The number of aromatic nitrogens is 3. The molecule has 3 aromatic rings. The van der Waals surface area contributed by atoms with Gasteiger partial charge in [-0.25, -0.2) is 0 Å². The van der Waals surface area contributed by atoms with E-state index < -0.39 is 0 Å². The Labute approximate surface area is 145 Å². The highest BCUT2D eigenvalue weighted by Gasteiger charge is 2.11. The molecule has 122 valence electrons. The molecule has 0 spiro atoms. The van der Waals surface area contributed by atoms with Crippen molar-refractivity contribution in [1.29, 1.82) is 0 Å². The summed E-state index contributed by atoms with van der Waals surface area (Å²) in [7, 11) is 0. The van der Waals surface area contributed by atoms with Crippen LogP contribution in [0.25, 0.3) is 5.69 Å². The first-order chi connectivity index (χ1) is 11.6. The van der Waals surface area contributed by atoms with Crippen LogP contribution in [-0.4, -0.2) is 26.4 Å². The van der Waals surface area contributed by atoms with Gasteiger partial charge in [-0.2, -0.15) is 0 Å². The maximum atomic E-state index is 12.3. The maximum absolute atomic E-state index is 12.3. The van der Waals surface area contributed by atoms with E-state index in [0.717, 1.165) is 22.1 Å². The molecule has 0 saturated carbocycles. The van der Waals surface area contributed by atoms with Crippen molar-refractivity contribution in [3.8, 4) is 5.69 Å². The third kappa shape index (κ3) is 3.65. The number of amides is 1. The summed E-state index contributed by atoms with van der Waals surface area (Å²) >= 11 is 1.54. The molecule has 0 radical (unpaired) electrons. The number of aryl methyl sites for hydroxylation is 2. The number of hydrogen-bond donors (Lipinski definition) is 1. The highest BCUT2D eigenvalue weighted by Crippen LogP contribution is 2.24. The number of carbonyl (C=O) groups is 1. The number of hydrogen-bond acceptors (Lipinski definition) is 4. The second-order valence-electron chi connectivity index (χ2n) is 5.37. The Hall–Kier alpha value is -2.60. The Morgan fingerprint density at radius 3 is 2.62 bits per heavy atom. The highest BCUT2D eigenvalue weighted by molar-refractivity contribution is 8.00. The predicted octanol–water partition coefficient (Wildman–Crippen LogP) is 3.61. The molecule has 0 unspecified atom stereocenters. The van der Waals surface area contributed by atoms with Crippen LogP contribution in [0.15, 0.2) is 59.8 Å². The first-order valence-corrected chi connectivity index (χ1v) is 8.58. The van der Waals surface area contributed by atoms with Gasteiger partial charge in [0.05, 0.1) is 17.1 Å². The van der Waals surface area contributed by atoms with Crippen molar-refractivity contribution >= 4 is 23.4 Å². The number of nitrogens with zero attached hydrogens (tertiary/aromatic N) is 3. The number of carbonyl (C=O) groups excluding carboxylic acids is 1. The van der Waals surface area contributed by atoms with Crippen LogP contribution in [0, 0.1) is 13.8 Å². The van der Waals surface area contributed by atoms with Crippen LogP contribution in [0.5, 0.6) is 0 Å². The molecule has 1 amide bonds. The van der Waals surface area contributed by atoms with Gasteiger partial charge in [-0.3, -0.25) is 9.36 Å². The second kappa shape index (κ2) is 7.31. The fourth-order valence-electron chi connectivity index (χ4n) is 2.37. The van der Waals surface area contributed by atoms with Gasteiger partial charge in [0.15, 0.2) is 0 Å². The summed E-state index contributed by atoms with van der Waals surface area (Å²) in [6, 6.07) is 15.7. The molecule has 0 aliphatic rings. The summed E-state index contributed by atoms with van der Waals surface area (Å²) in [6.07, 6.45) is 1.64. The maximum Gasteiger partial charge on any atom is 0.234 e. The summed E-state index contributed by atoms with van der Waals surface area (Å²) in [6.45, 7) is 3.92. The average molecular weight is 338 g/mol. The number of anilines is 1. The van der Waals surface area contributed by atoms with E-state index in [4.69, 9.17) is 0 Å². The van der Waals surface area contributed by atoms with Crippen molar-refractivity contribution in [3.63, 3.8) is 0 Å². The summed E-state index contributed by atoms with van der Waals surface area (Å²) < 4.78 is 1.85. The standard InChI is InChI=1S/C18H18N4OS/c1-13-7-3-6-10-17(13)24-11-18(23)20-15-8-4-5-9-16(15)22-12-19-21-14(22)2/h3-10,12H,11H2,1-2H3,(H,20,23). The van der Waals surface area contributed by atoms with E-state index in [2.05, 4.69) is 15.5 Å². The fraction of sp³-hybridized carbons (Fsp3) is 0.167. The Kier molecular flexibility index (Phi) is 4.96. The van der Waals surface area contributed by atoms with Crippen molar-refractivity contribution in [2.24, 2.45) is 0 Å². The Bertz CT molecular complexity index is 859. The number of rotatable bonds is 5. The van der Waals surface area contributed by atoms with Crippen LogP contribution in [0.2, 0.25) is 0 Å². The quantitative estimate of drug-likeness (QED) is 0.722. The third-order valence-electron chi connectivity index (χ3n) is 3.61. The lowest BCUT2D eigenvalue weighted by Gasteiger charge is -2.12. The molecule has 24 heavy (non-hydrogen) atoms. The minimum atomic E-state index is -0.0403. The van der Waals surface area contributed by atoms with Gasteiger partial charge in [0.25, 0.3) is 0 Å². The zero-order valence-corrected chi connectivity index (χ0v) is 14.4. The molecule has 0 aliphatic heterocycles. The number of para-hydroxylation sites is 2. The van der Waals surface area contributed by atoms with E-state index >= 15 is 0 Å². The molecule has 0 saturated heterocycles. The normalized spacial score (nSPS) is 10.6. The van der Waals surface area contributed by atoms with Crippen LogP contribution in [-0.2, 0) is 4.79 Å². The summed E-state index contributed by atoms with van der Waals surface area (Å²) in [5.74, 6) is 1.09. The van der Waals surface area contributed by atoms with Crippen LogP contribution in [0.3, 0.4) is 0 Å². The summed E-state index contributed by atoms with van der Waals surface area (Å²) in [5.41, 5.74) is 2.78. The molecule has 0 atom stereocenters. The predicted molar refractivity (Wildman–Crippen MR) is 96.6 cm³/mol. The molecule has 1 N–H and O–H groups in total. The van der Waals surface area contributed by atoms with Gasteiger partial charge in [0.1, 0.15) is 12.2 Å². The van der Waals surface area contributed by atoms with Crippen molar-refractivity contribution in [2.45, 2.75) is 18.7 Å². The van der Waals surface area contributed by atoms with Crippen molar-refractivity contribution < 1.29 is 4.79 Å². The smallest absolute Gasteiger partial charge is 0.234 e. The largest absolute Gasteiger partial charge is 0.324 e. The molecule has 3 rings (SSSR count). The van der Waals surface area contributed by atoms with Crippen LogP contribution < -0.4 is 5.32 Å². The second-order valence-corrected chi connectivity index (χ2v) is 6.38. The molecule has 0 aliphatic carbocycles. The lowest BCUT2D eigenvalue weighted by atomic mass is 10.2. The minimum absolute atomic E-state index is 0.0403. The molecule has 1 heterocycles. The van der Waals surface area contributed by atoms with Crippen molar-refractivity contribution in [3.05, 3.63) is 66.2 Å². The lowest BCUT2D eigenvalue weighted by molar-refractivity contribution is -0.113. The lowest BCUT2D eigenvalue weighted by Crippen LogP contribution is -2.16. The Morgan fingerprint density at radius 2 is 1.88 bits per heavy atom. The van der Waals surface area contributed by atoms with Gasteiger partial charge >= 0.3 is 0 Å². The van der Waals surface area contributed by atoms with E-state index in [1.54, 1.807) is 6.33 Å². The van der Waals surface area contributed by atoms with Crippen molar-refractivity contribution in [1.82, 2.24) is 14.8 Å². The van der Waals surface area contributed by atoms with Gasteiger partial charge in [0, 0.05) is 4.90 Å². The minimum Gasteiger partial charge on any atom is -0.324 e. The van der Waals surface area contributed by atoms with Gasteiger partial charge in [0.2, 0.25) is 5.91 Å². The van der Waals surface area contributed by atoms with Crippen LogP contribution in [0.4, 0.5) is 5.69 Å². The highest BCUT2D eigenvalue weighted by atomic mass is 32.2. The average Bonchev–Trinajstić information content (AvgIpc) is 3.00. The zero-order chi connectivity index (χ0) is 16.9. The molecule has 1 aromatic heterocycles. The van der Waals surface area contributed by atoms with Gasteiger partial charge in [-0.15, -0.1) is 22.0 Å². The number of thioether (sulfide) groups is 1. The van der Waals surface area contributed by atoms with Gasteiger partial charge in [-0.1, -0.05) is 30.3 Å². The molecular formula is C18H18N4OS. The number of benzene rings is 2. The van der Waals surface area contributed by atoms with Gasteiger partial charge in [-0.05, 0) is 37.6 Å². The molecular weight excluding hydrogens is 320 g/mol. The van der Waals surface area contributed by atoms with Crippen molar-refractivity contribution in [2.75, 3.05) is 11.1 Å². The van der Waals surface area contributed by atoms with E-state index in [1.807, 2.05) is 66.9 Å². The summed E-state index contributed by atoms with van der Waals surface area (Å²) in [5, 5.41) is 10.9. The van der Waals surface area contributed by atoms with Crippen LogP contribution in [0.1, 0.15) is 11.4 Å². The molecule has 0 bridgehead atoms. The fourth-order valence-corrected chi connectivity index (χ4v) is 3.20. The third-order valence-corrected chi connectivity index (χ3v) is 4.78. The first kappa shape index (κ1) is 16.3. The topological polar surface area (TPSA) is 59.8 Å². The molecule has 5 nitrogen and oxygen atoms in total. The first-order valence-electron chi connectivity index (χ1n) is 7.59. The molecule has 2 aromatic carbocycles. The van der Waals surface area contributed by atoms with Gasteiger partial charge < -0.3 is 5.32 Å². The van der Waals surface area contributed by atoms with Crippen LogP contribution >= 0.6 is 11.8 Å². The monoisotopic (exact) mass is 338 g/mol. The van der Waals surface area contributed by atoms with E-state index in [0.29, 0.717) is 5.75 Å². The molecule has 0 fully saturated rings. The van der Waals surface area contributed by atoms with E-state index in [9.17, 15) is 4.79 Å². The zero-order valence-electron chi connectivity index (χ0n) is 13.6. The summed E-state index contributed by atoms with van der Waals surface area (Å²) in [4.78, 5) is 13.5.